The highest BCUT2D eigenvalue weighted by Gasteiger charge is 2.08. The molecule has 0 amide bonds. The summed E-state index contributed by atoms with van der Waals surface area (Å²) in [4.78, 5) is 0.876. The average Bonchev–Trinajstić information content (AvgIpc) is 2.23. The summed E-state index contributed by atoms with van der Waals surface area (Å²) < 4.78 is 0. The molecule has 0 fully saturated rings. The Morgan fingerprint density at radius 1 is 1.27 bits per heavy atom. The second kappa shape index (κ2) is 6.91. The first-order valence-electron chi connectivity index (χ1n) is 5.92. The number of nitrogens with two attached hydrogens (primary N) is 1. The molecule has 84 valence electrons. The second-order valence-electron chi connectivity index (χ2n) is 4.17. The summed E-state index contributed by atoms with van der Waals surface area (Å²) >= 11 is 5.17. The van der Waals surface area contributed by atoms with Crippen molar-refractivity contribution in [1.29, 1.82) is 0 Å². The summed E-state index contributed by atoms with van der Waals surface area (Å²) in [5.74, 6) is 0. The van der Waals surface area contributed by atoms with Gasteiger partial charge < -0.3 is 5.73 Å². The van der Waals surface area contributed by atoms with E-state index in [1.165, 1.54) is 37.7 Å². The third kappa shape index (κ3) is 4.72. The predicted molar refractivity (Wildman–Crippen MR) is 71.2 cm³/mol. The first kappa shape index (κ1) is 12.6. The number of hydrogen-bond acceptors (Lipinski definition) is 2. The lowest BCUT2D eigenvalue weighted by Crippen LogP contribution is -2.27. The maximum Gasteiger partial charge on any atom is 0.0587 e. The van der Waals surface area contributed by atoms with Crippen molar-refractivity contribution < 1.29 is 0 Å². The van der Waals surface area contributed by atoms with E-state index in [0.29, 0.717) is 0 Å². The Hall–Kier alpha value is -0.470. The van der Waals surface area contributed by atoms with Gasteiger partial charge in [-0.25, -0.2) is 0 Å². The van der Waals surface area contributed by atoms with E-state index >= 15 is 0 Å². The Kier molecular flexibility index (Phi) is 5.81. The highest BCUT2D eigenvalue weighted by molar-refractivity contribution is 7.80. The molecule has 15 heavy (non-hydrogen) atoms. The van der Waals surface area contributed by atoms with E-state index in [-0.39, 0.29) is 6.04 Å². The molecule has 0 aromatic rings. The van der Waals surface area contributed by atoms with Crippen LogP contribution in [0, 0.1) is 0 Å². The van der Waals surface area contributed by atoms with Crippen LogP contribution in [0.3, 0.4) is 0 Å². The molecular formula is C13H21NS. The van der Waals surface area contributed by atoms with E-state index in [9.17, 15) is 0 Å². The van der Waals surface area contributed by atoms with E-state index in [0.717, 1.165) is 11.3 Å². The molecule has 0 saturated heterocycles. The van der Waals surface area contributed by atoms with Gasteiger partial charge in [0.1, 0.15) is 0 Å². The van der Waals surface area contributed by atoms with Crippen molar-refractivity contribution in [3.05, 3.63) is 23.8 Å². The van der Waals surface area contributed by atoms with Crippen molar-refractivity contribution in [3.8, 4) is 0 Å². The summed E-state index contributed by atoms with van der Waals surface area (Å²) in [6, 6.07) is -0.0381. The number of rotatable bonds is 6. The van der Waals surface area contributed by atoms with Gasteiger partial charge in [-0.2, -0.15) is 0 Å². The van der Waals surface area contributed by atoms with Crippen LogP contribution in [-0.4, -0.2) is 10.9 Å². The van der Waals surface area contributed by atoms with Gasteiger partial charge in [-0.15, -0.1) is 0 Å². The Bertz CT molecular complexity index is 266. The van der Waals surface area contributed by atoms with Gasteiger partial charge in [0, 0.05) is 4.86 Å². The van der Waals surface area contributed by atoms with Crippen molar-refractivity contribution in [2.24, 2.45) is 5.73 Å². The summed E-state index contributed by atoms with van der Waals surface area (Å²) in [5.41, 5.74) is 7.11. The van der Waals surface area contributed by atoms with Crippen molar-refractivity contribution >= 4 is 17.1 Å². The zero-order chi connectivity index (χ0) is 11.1. The van der Waals surface area contributed by atoms with Crippen LogP contribution in [0.25, 0.3) is 0 Å². The van der Waals surface area contributed by atoms with E-state index in [2.05, 4.69) is 19.1 Å². The molecule has 0 radical (unpaired) electrons. The SMILES string of the molecule is CCCCCCCC1=CC(=S)C(N)C=C1. The maximum atomic E-state index is 5.76. The number of hydrogen-bond donors (Lipinski definition) is 1. The number of allylic oxidation sites excluding steroid dienone is 2. The largest absolute Gasteiger partial charge is 0.320 e. The van der Waals surface area contributed by atoms with Gasteiger partial charge >= 0.3 is 0 Å². The molecule has 2 N–H and O–H groups in total. The van der Waals surface area contributed by atoms with Gasteiger partial charge in [0.15, 0.2) is 0 Å². The molecule has 0 heterocycles. The normalized spacial score (nSPS) is 20.5. The first-order chi connectivity index (χ1) is 7.24. The van der Waals surface area contributed by atoms with E-state index in [1.807, 2.05) is 6.08 Å². The smallest absolute Gasteiger partial charge is 0.0587 e. The summed E-state index contributed by atoms with van der Waals surface area (Å²) in [6.07, 6.45) is 14.0. The van der Waals surface area contributed by atoms with Crippen LogP contribution in [0.4, 0.5) is 0 Å². The topological polar surface area (TPSA) is 26.0 Å². The molecule has 1 rings (SSSR count). The molecule has 1 unspecified atom stereocenters. The Balaban J connectivity index is 2.20. The molecule has 0 saturated carbocycles. The zero-order valence-electron chi connectivity index (χ0n) is 9.54. The van der Waals surface area contributed by atoms with E-state index in [1.54, 1.807) is 0 Å². The van der Waals surface area contributed by atoms with Crippen molar-refractivity contribution in [3.63, 3.8) is 0 Å². The maximum absolute atomic E-state index is 5.76. The monoisotopic (exact) mass is 223 g/mol. The Labute approximate surface area is 98.4 Å². The Morgan fingerprint density at radius 2 is 2.00 bits per heavy atom. The van der Waals surface area contributed by atoms with E-state index in [4.69, 9.17) is 18.0 Å². The van der Waals surface area contributed by atoms with Crippen LogP contribution < -0.4 is 5.73 Å². The standard InChI is InChI=1S/C13H21NS/c1-2-3-4-5-6-7-11-8-9-12(14)13(15)10-11/h8-10,12H,2-7,14H2,1H3. The lowest BCUT2D eigenvalue weighted by Gasteiger charge is -2.12. The van der Waals surface area contributed by atoms with Crippen LogP contribution in [0.15, 0.2) is 23.8 Å². The molecule has 1 aliphatic rings. The van der Waals surface area contributed by atoms with E-state index < -0.39 is 0 Å². The first-order valence-corrected chi connectivity index (χ1v) is 6.33. The molecule has 1 atom stereocenters. The average molecular weight is 223 g/mol. The minimum atomic E-state index is -0.0381. The van der Waals surface area contributed by atoms with Crippen LogP contribution in [-0.2, 0) is 0 Å². The predicted octanol–water partition coefficient (Wildman–Crippen LogP) is 3.54. The molecular weight excluding hydrogens is 202 g/mol. The highest BCUT2D eigenvalue weighted by Crippen LogP contribution is 2.16. The van der Waals surface area contributed by atoms with Gasteiger partial charge in [0.05, 0.1) is 6.04 Å². The van der Waals surface area contributed by atoms with Gasteiger partial charge in [0.2, 0.25) is 0 Å². The molecule has 1 nitrogen and oxygen atoms in total. The summed E-state index contributed by atoms with van der Waals surface area (Å²) in [5, 5.41) is 0. The number of unbranched alkanes of at least 4 members (excludes halogenated alkanes) is 4. The Morgan fingerprint density at radius 3 is 2.67 bits per heavy atom. The third-order valence-electron chi connectivity index (χ3n) is 2.74. The number of thiocarbonyl (C=S) groups is 1. The molecule has 0 aromatic carbocycles. The van der Waals surface area contributed by atoms with Gasteiger partial charge in [0.25, 0.3) is 0 Å². The molecule has 0 aromatic heterocycles. The second-order valence-corrected chi connectivity index (χ2v) is 4.64. The fourth-order valence-electron chi connectivity index (χ4n) is 1.74. The molecule has 0 aliphatic heterocycles. The van der Waals surface area contributed by atoms with Gasteiger partial charge in [-0.05, 0) is 24.5 Å². The van der Waals surface area contributed by atoms with Crippen LogP contribution >= 0.6 is 12.2 Å². The summed E-state index contributed by atoms with van der Waals surface area (Å²) in [6.45, 7) is 2.24. The van der Waals surface area contributed by atoms with Crippen molar-refractivity contribution in [1.82, 2.24) is 0 Å². The third-order valence-corrected chi connectivity index (χ3v) is 3.13. The minimum absolute atomic E-state index is 0.0381. The fourth-order valence-corrected chi connectivity index (χ4v) is 1.97. The van der Waals surface area contributed by atoms with Crippen molar-refractivity contribution in [2.75, 3.05) is 0 Å². The zero-order valence-corrected chi connectivity index (χ0v) is 10.4. The molecule has 0 spiro atoms. The minimum Gasteiger partial charge on any atom is -0.320 e. The quantitative estimate of drug-likeness (QED) is 0.550. The molecule has 0 bridgehead atoms. The fraction of sp³-hybridized carbons (Fsp3) is 0.615. The van der Waals surface area contributed by atoms with Crippen molar-refractivity contribution in [2.45, 2.75) is 51.5 Å². The van der Waals surface area contributed by atoms with Gasteiger partial charge in [-0.1, -0.05) is 57.0 Å². The molecule has 1 aliphatic carbocycles. The molecule has 2 heteroatoms. The van der Waals surface area contributed by atoms with Crippen LogP contribution in [0.1, 0.15) is 45.4 Å². The van der Waals surface area contributed by atoms with Crippen LogP contribution in [0.5, 0.6) is 0 Å². The highest BCUT2D eigenvalue weighted by atomic mass is 32.1. The summed E-state index contributed by atoms with van der Waals surface area (Å²) in [7, 11) is 0. The lowest BCUT2D eigenvalue weighted by molar-refractivity contribution is 0.633. The van der Waals surface area contributed by atoms with Gasteiger partial charge in [-0.3, -0.25) is 0 Å². The lowest BCUT2D eigenvalue weighted by atomic mass is 9.98. The van der Waals surface area contributed by atoms with Crippen LogP contribution in [0.2, 0.25) is 0 Å².